The lowest BCUT2D eigenvalue weighted by Gasteiger charge is -2.35. The summed E-state index contributed by atoms with van der Waals surface area (Å²) in [4.78, 5) is 2.09. The number of halogens is 1. The van der Waals surface area contributed by atoms with Crippen molar-refractivity contribution in [2.75, 3.05) is 33.4 Å². The van der Waals surface area contributed by atoms with E-state index < -0.39 is 11.7 Å². The molecule has 2 rings (SSSR count). The Labute approximate surface area is 134 Å². The molecule has 1 aromatic rings. The minimum Gasteiger partial charge on any atom is -0.388 e. The van der Waals surface area contributed by atoms with Gasteiger partial charge in [-0.3, -0.25) is 0 Å². The van der Waals surface area contributed by atoms with Crippen LogP contribution >= 0.6 is 15.9 Å². The van der Waals surface area contributed by atoms with Gasteiger partial charge < -0.3 is 19.8 Å². The molecular weight excluding hydrogens is 334 g/mol. The van der Waals surface area contributed by atoms with Gasteiger partial charge in [-0.25, -0.2) is 0 Å². The predicted octanol–water partition coefficient (Wildman–Crippen LogP) is 2.35. The highest BCUT2D eigenvalue weighted by Gasteiger charge is 2.30. The molecule has 0 spiro atoms. The summed E-state index contributed by atoms with van der Waals surface area (Å²) in [6.07, 6.45) is 1.55. The number of rotatable bonds is 6. The Kier molecular flexibility index (Phi) is 6.20. The van der Waals surface area contributed by atoms with Gasteiger partial charge >= 0.3 is 0 Å². The van der Waals surface area contributed by atoms with E-state index in [2.05, 4.69) is 20.8 Å². The topological polar surface area (TPSA) is 52.9 Å². The summed E-state index contributed by atoms with van der Waals surface area (Å²) in [6, 6.07) is 7.75. The van der Waals surface area contributed by atoms with E-state index in [9.17, 15) is 10.2 Å². The van der Waals surface area contributed by atoms with Crippen molar-refractivity contribution in [2.45, 2.75) is 31.0 Å². The lowest BCUT2D eigenvalue weighted by molar-refractivity contribution is -0.0776. The largest absolute Gasteiger partial charge is 0.388 e. The fourth-order valence-electron chi connectivity index (χ4n) is 2.71. The molecule has 1 aromatic carbocycles. The van der Waals surface area contributed by atoms with E-state index in [0.29, 0.717) is 39.0 Å². The van der Waals surface area contributed by atoms with Gasteiger partial charge in [0.1, 0.15) is 0 Å². The van der Waals surface area contributed by atoms with E-state index >= 15 is 0 Å². The third-order valence-electron chi connectivity index (χ3n) is 4.01. The minimum absolute atomic E-state index is 0.478. The molecule has 0 aliphatic carbocycles. The first-order valence-corrected chi connectivity index (χ1v) is 8.20. The Morgan fingerprint density at radius 1 is 1.38 bits per heavy atom. The normalized spacial score (nSPS) is 19.7. The molecule has 0 bridgehead atoms. The second kappa shape index (κ2) is 7.70. The average Bonchev–Trinajstić information content (AvgIpc) is 2.45. The summed E-state index contributed by atoms with van der Waals surface area (Å²) >= 11 is 3.42. The van der Waals surface area contributed by atoms with Gasteiger partial charge in [0, 0.05) is 43.6 Å². The maximum atomic E-state index is 10.5. The second-order valence-electron chi connectivity index (χ2n) is 5.93. The Morgan fingerprint density at radius 3 is 2.76 bits per heavy atom. The van der Waals surface area contributed by atoms with Crippen molar-refractivity contribution in [1.82, 2.24) is 4.90 Å². The molecule has 1 heterocycles. The van der Waals surface area contributed by atoms with Crippen LogP contribution in [0.4, 0.5) is 0 Å². The molecule has 1 fully saturated rings. The van der Waals surface area contributed by atoms with Crippen molar-refractivity contribution in [2.24, 2.45) is 0 Å². The van der Waals surface area contributed by atoms with Gasteiger partial charge in [0.15, 0.2) is 0 Å². The van der Waals surface area contributed by atoms with Crippen LogP contribution in [0, 0.1) is 0 Å². The van der Waals surface area contributed by atoms with Gasteiger partial charge in [-0.15, -0.1) is 0 Å². The number of hydrogen-bond acceptors (Lipinski definition) is 4. The van der Waals surface area contributed by atoms with Crippen LogP contribution in [0.25, 0.3) is 0 Å². The highest BCUT2D eigenvalue weighted by atomic mass is 79.9. The van der Waals surface area contributed by atoms with E-state index in [1.807, 2.05) is 31.3 Å². The van der Waals surface area contributed by atoms with E-state index in [-0.39, 0.29) is 0 Å². The highest BCUT2D eigenvalue weighted by Crippen LogP contribution is 2.23. The molecule has 1 aliphatic heterocycles. The van der Waals surface area contributed by atoms with Gasteiger partial charge in [0.2, 0.25) is 0 Å². The van der Waals surface area contributed by atoms with Crippen molar-refractivity contribution >= 4 is 15.9 Å². The number of benzene rings is 1. The van der Waals surface area contributed by atoms with Gasteiger partial charge in [-0.05, 0) is 31.2 Å². The summed E-state index contributed by atoms with van der Waals surface area (Å²) in [5.74, 6) is 0. The number of nitrogens with zero attached hydrogens (tertiary/aromatic N) is 1. The van der Waals surface area contributed by atoms with E-state index in [0.717, 1.165) is 16.6 Å². The summed E-state index contributed by atoms with van der Waals surface area (Å²) in [7, 11) is 1.99. The third-order valence-corrected chi connectivity index (χ3v) is 4.50. The Hall–Kier alpha value is -0.460. The zero-order chi connectivity index (χ0) is 15.3. The molecule has 0 saturated carbocycles. The lowest BCUT2D eigenvalue weighted by Crippen LogP contribution is -2.46. The molecule has 4 nitrogen and oxygen atoms in total. The van der Waals surface area contributed by atoms with Crippen molar-refractivity contribution in [3.63, 3.8) is 0 Å². The van der Waals surface area contributed by atoms with Crippen LogP contribution in [0.2, 0.25) is 0 Å². The summed E-state index contributed by atoms with van der Waals surface area (Å²) in [5, 5.41) is 20.7. The summed E-state index contributed by atoms with van der Waals surface area (Å²) < 4.78 is 6.27. The molecule has 1 atom stereocenters. The molecular formula is C16H24BrNO3. The Balaban J connectivity index is 1.79. The fraction of sp³-hybridized carbons (Fsp3) is 0.625. The smallest absolute Gasteiger partial charge is 0.0817 e. The van der Waals surface area contributed by atoms with Crippen LogP contribution in [-0.2, 0) is 4.74 Å². The van der Waals surface area contributed by atoms with Gasteiger partial charge in [-0.1, -0.05) is 28.1 Å². The zero-order valence-electron chi connectivity index (χ0n) is 12.5. The van der Waals surface area contributed by atoms with Crippen LogP contribution < -0.4 is 0 Å². The van der Waals surface area contributed by atoms with Crippen LogP contribution in [0.1, 0.15) is 30.9 Å². The number of aliphatic hydroxyl groups is 2. The number of aliphatic hydroxyl groups excluding tert-OH is 1. The first kappa shape index (κ1) is 16.9. The molecule has 2 N–H and O–H groups in total. The molecule has 21 heavy (non-hydrogen) atoms. The predicted molar refractivity (Wildman–Crippen MR) is 86.2 cm³/mol. The summed E-state index contributed by atoms with van der Waals surface area (Å²) in [6.45, 7) is 2.63. The molecule has 1 saturated heterocycles. The minimum atomic E-state index is -0.645. The van der Waals surface area contributed by atoms with Crippen molar-refractivity contribution in [3.8, 4) is 0 Å². The quantitative estimate of drug-likeness (QED) is 0.820. The van der Waals surface area contributed by atoms with Gasteiger partial charge in [0.05, 0.1) is 11.7 Å². The summed E-state index contributed by atoms with van der Waals surface area (Å²) in [5.41, 5.74) is 0.274. The maximum absolute atomic E-state index is 10.5. The number of ether oxygens (including phenoxy) is 1. The fourth-order valence-corrected chi connectivity index (χ4v) is 3.13. The van der Waals surface area contributed by atoms with Crippen molar-refractivity contribution < 1.29 is 14.9 Å². The first-order valence-electron chi connectivity index (χ1n) is 7.41. The van der Waals surface area contributed by atoms with Crippen LogP contribution in [0.5, 0.6) is 0 Å². The molecule has 0 amide bonds. The molecule has 0 aromatic heterocycles. The Morgan fingerprint density at radius 2 is 2.10 bits per heavy atom. The molecule has 118 valence electrons. The third kappa shape index (κ3) is 5.34. The van der Waals surface area contributed by atoms with E-state index in [4.69, 9.17) is 4.74 Å². The highest BCUT2D eigenvalue weighted by molar-refractivity contribution is 9.10. The SMILES string of the molecule is CN(CCC(O)c1cccc(Br)c1)CC1(O)CCOCC1. The molecule has 1 unspecified atom stereocenters. The van der Waals surface area contributed by atoms with Crippen LogP contribution in [-0.4, -0.2) is 54.1 Å². The van der Waals surface area contributed by atoms with Crippen LogP contribution in [0.3, 0.4) is 0 Å². The number of hydrogen-bond donors (Lipinski definition) is 2. The van der Waals surface area contributed by atoms with Crippen molar-refractivity contribution in [3.05, 3.63) is 34.3 Å². The van der Waals surface area contributed by atoms with E-state index in [1.165, 1.54) is 0 Å². The monoisotopic (exact) mass is 357 g/mol. The molecule has 1 aliphatic rings. The van der Waals surface area contributed by atoms with E-state index in [1.54, 1.807) is 0 Å². The lowest BCUT2D eigenvalue weighted by atomic mass is 9.94. The zero-order valence-corrected chi connectivity index (χ0v) is 14.1. The Bertz CT molecular complexity index is 449. The molecule has 5 heteroatoms. The first-order chi connectivity index (χ1) is 9.98. The van der Waals surface area contributed by atoms with Gasteiger partial charge in [0.25, 0.3) is 0 Å². The van der Waals surface area contributed by atoms with Crippen molar-refractivity contribution in [1.29, 1.82) is 0 Å². The number of likely N-dealkylation sites (N-methyl/N-ethyl adjacent to an activating group) is 1. The standard InChI is InChI=1S/C16H24BrNO3/c1-18(12-16(20)6-9-21-10-7-16)8-5-15(19)13-3-2-4-14(17)11-13/h2-4,11,15,19-20H,5-10,12H2,1H3. The molecule has 0 radical (unpaired) electrons. The van der Waals surface area contributed by atoms with Gasteiger partial charge in [-0.2, -0.15) is 0 Å². The average molecular weight is 358 g/mol. The second-order valence-corrected chi connectivity index (χ2v) is 6.85. The van der Waals surface area contributed by atoms with Crippen LogP contribution in [0.15, 0.2) is 28.7 Å². The maximum Gasteiger partial charge on any atom is 0.0817 e.